The molecule has 0 aromatic heterocycles. The van der Waals surface area contributed by atoms with Gasteiger partial charge in [0.05, 0.1) is 6.07 Å². The summed E-state index contributed by atoms with van der Waals surface area (Å²) >= 11 is 0. The summed E-state index contributed by atoms with van der Waals surface area (Å²) in [5.41, 5.74) is 0. The highest BCUT2D eigenvalue weighted by atomic mass is 32.2. The molecule has 1 unspecified atom stereocenters. The maximum atomic E-state index is 12.0. The molecule has 0 aliphatic carbocycles. The molecule has 0 amide bonds. The lowest BCUT2D eigenvalue weighted by atomic mass is 10.2. The Bertz CT molecular complexity index is 341. The van der Waals surface area contributed by atoms with Crippen LogP contribution in [0.2, 0.25) is 0 Å². The third-order valence-corrected chi connectivity index (χ3v) is 4.80. The van der Waals surface area contributed by atoms with Crippen LogP contribution in [0, 0.1) is 11.3 Å². The lowest BCUT2D eigenvalue weighted by Gasteiger charge is -2.30. The first kappa shape index (κ1) is 12.4. The number of nitrogens with zero attached hydrogens (tertiary/aromatic N) is 3. The molecule has 0 saturated carbocycles. The van der Waals surface area contributed by atoms with Crippen molar-refractivity contribution >= 4 is 10.2 Å². The molecule has 15 heavy (non-hydrogen) atoms. The van der Waals surface area contributed by atoms with Crippen molar-refractivity contribution in [2.45, 2.75) is 32.2 Å². The van der Waals surface area contributed by atoms with Gasteiger partial charge in [0.2, 0.25) is 0 Å². The van der Waals surface area contributed by atoms with E-state index in [1.807, 2.05) is 6.07 Å². The molecule has 1 atom stereocenters. The van der Waals surface area contributed by atoms with Crippen molar-refractivity contribution in [1.82, 2.24) is 8.61 Å². The highest BCUT2D eigenvalue weighted by Crippen LogP contribution is 2.16. The van der Waals surface area contributed by atoms with Crippen LogP contribution in [0.1, 0.15) is 26.2 Å². The molecule has 0 aromatic rings. The molecule has 0 radical (unpaired) electrons. The molecule has 1 aliphatic rings. The molecule has 0 aromatic carbocycles. The van der Waals surface area contributed by atoms with Crippen LogP contribution in [0.5, 0.6) is 0 Å². The Balaban J connectivity index is 2.77. The minimum absolute atomic E-state index is 0.574. The van der Waals surface area contributed by atoms with Crippen molar-refractivity contribution in [3.05, 3.63) is 0 Å². The molecule has 5 nitrogen and oxygen atoms in total. The normalized spacial score (nSPS) is 21.2. The third-order valence-electron chi connectivity index (χ3n) is 2.74. The zero-order valence-corrected chi connectivity index (χ0v) is 10.00. The van der Waals surface area contributed by atoms with E-state index in [1.165, 1.54) is 11.4 Å². The highest BCUT2D eigenvalue weighted by Gasteiger charge is 2.30. The van der Waals surface area contributed by atoms with E-state index in [1.54, 1.807) is 6.92 Å². The summed E-state index contributed by atoms with van der Waals surface area (Å²) in [4.78, 5) is 0. The fourth-order valence-electron chi connectivity index (χ4n) is 1.56. The number of hydrogen-bond donors (Lipinski definition) is 0. The second-order valence-electron chi connectivity index (χ2n) is 3.79. The van der Waals surface area contributed by atoms with Gasteiger partial charge in [0.15, 0.2) is 0 Å². The first-order valence-electron chi connectivity index (χ1n) is 5.13. The quantitative estimate of drug-likeness (QED) is 0.713. The SMILES string of the molecule is CC(C#N)N(C)S(=O)(=O)N1CCCCC1. The average Bonchev–Trinajstić information content (AvgIpc) is 2.28. The molecular formula is C9H17N3O2S. The van der Waals surface area contributed by atoms with Crippen LogP contribution in [0.4, 0.5) is 0 Å². The topological polar surface area (TPSA) is 64.4 Å². The van der Waals surface area contributed by atoms with Crippen LogP contribution in [0.3, 0.4) is 0 Å². The van der Waals surface area contributed by atoms with Crippen LogP contribution < -0.4 is 0 Å². The van der Waals surface area contributed by atoms with Gasteiger partial charge in [-0.25, -0.2) is 0 Å². The predicted molar refractivity (Wildman–Crippen MR) is 57.2 cm³/mol. The van der Waals surface area contributed by atoms with E-state index in [2.05, 4.69) is 0 Å². The Morgan fingerprint density at radius 3 is 2.33 bits per heavy atom. The van der Waals surface area contributed by atoms with E-state index in [0.717, 1.165) is 23.6 Å². The summed E-state index contributed by atoms with van der Waals surface area (Å²) < 4.78 is 26.6. The Morgan fingerprint density at radius 2 is 1.87 bits per heavy atom. The van der Waals surface area contributed by atoms with E-state index in [9.17, 15) is 8.42 Å². The lowest BCUT2D eigenvalue weighted by Crippen LogP contribution is -2.47. The Hall–Kier alpha value is -0.640. The van der Waals surface area contributed by atoms with E-state index in [-0.39, 0.29) is 0 Å². The molecule has 1 heterocycles. The Labute approximate surface area is 91.5 Å². The summed E-state index contributed by atoms with van der Waals surface area (Å²) in [6.45, 7) is 2.73. The van der Waals surface area contributed by atoms with Crippen LogP contribution in [-0.4, -0.2) is 43.2 Å². The van der Waals surface area contributed by atoms with Crippen LogP contribution in [0.15, 0.2) is 0 Å². The highest BCUT2D eigenvalue weighted by molar-refractivity contribution is 7.86. The fourth-order valence-corrected chi connectivity index (χ4v) is 3.09. The van der Waals surface area contributed by atoms with Crippen molar-refractivity contribution < 1.29 is 8.42 Å². The predicted octanol–water partition coefficient (Wildman–Crippen LogP) is 0.561. The van der Waals surface area contributed by atoms with Gasteiger partial charge in [-0.15, -0.1) is 0 Å². The van der Waals surface area contributed by atoms with Crippen LogP contribution >= 0.6 is 0 Å². The van der Waals surface area contributed by atoms with Crippen molar-refractivity contribution in [2.24, 2.45) is 0 Å². The summed E-state index contributed by atoms with van der Waals surface area (Å²) in [5, 5.41) is 8.69. The van der Waals surface area contributed by atoms with Crippen molar-refractivity contribution in [3.8, 4) is 6.07 Å². The lowest BCUT2D eigenvalue weighted by molar-refractivity contribution is 0.309. The van der Waals surface area contributed by atoms with E-state index in [0.29, 0.717) is 13.1 Å². The number of rotatable bonds is 3. The molecular weight excluding hydrogens is 214 g/mol. The molecule has 1 rings (SSSR count). The third kappa shape index (κ3) is 2.68. The second-order valence-corrected chi connectivity index (χ2v) is 5.78. The zero-order chi connectivity index (χ0) is 11.5. The number of hydrogen-bond acceptors (Lipinski definition) is 3. The Kier molecular flexibility index (Phi) is 4.08. The summed E-state index contributed by atoms with van der Waals surface area (Å²) in [6, 6.07) is 1.32. The fraction of sp³-hybridized carbons (Fsp3) is 0.889. The molecule has 86 valence electrons. The number of piperidine rings is 1. The van der Waals surface area contributed by atoms with Gasteiger partial charge in [-0.3, -0.25) is 0 Å². The largest absolute Gasteiger partial charge is 0.282 e. The summed E-state index contributed by atoms with van der Waals surface area (Å²) in [7, 11) is -1.97. The number of nitriles is 1. The molecule has 6 heteroatoms. The first-order valence-corrected chi connectivity index (χ1v) is 6.52. The molecule has 1 fully saturated rings. The van der Waals surface area contributed by atoms with Gasteiger partial charge < -0.3 is 0 Å². The van der Waals surface area contributed by atoms with Gasteiger partial charge in [-0.05, 0) is 19.8 Å². The minimum Gasteiger partial charge on any atom is -0.197 e. The van der Waals surface area contributed by atoms with Gasteiger partial charge in [-0.2, -0.15) is 22.3 Å². The van der Waals surface area contributed by atoms with Gasteiger partial charge >= 0.3 is 0 Å². The monoisotopic (exact) mass is 231 g/mol. The van der Waals surface area contributed by atoms with Crippen LogP contribution in [-0.2, 0) is 10.2 Å². The van der Waals surface area contributed by atoms with Gasteiger partial charge in [-0.1, -0.05) is 6.42 Å². The first-order chi connectivity index (χ1) is 7.00. The van der Waals surface area contributed by atoms with Gasteiger partial charge in [0, 0.05) is 20.1 Å². The standard InChI is InChI=1S/C9H17N3O2S/c1-9(8-10)11(2)15(13,14)12-6-4-3-5-7-12/h9H,3-7H2,1-2H3. The summed E-state index contributed by atoms with van der Waals surface area (Å²) in [5.74, 6) is 0. The van der Waals surface area contributed by atoms with E-state index in [4.69, 9.17) is 5.26 Å². The second kappa shape index (κ2) is 4.92. The maximum absolute atomic E-state index is 12.0. The van der Waals surface area contributed by atoms with Gasteiger partial charge in [0.25, 0.3) is 10.2 Å². The smallest absolute Gasteiger partial charge is 0.197 e. The molecule has 1 saturated heterocycles. The van der Waals surface area contributed by atoms with Crippen molar-refractivity contribution in [3.63, 3.8) is 0 Å². The minimum atomic E-state index is -3.43. The average molecular weight is 231 g/mol. The Morgan fingerprint density at radius 1 is 1.33 bits per heavy atom. The van der Waals surface area contributed by atoms with E-state index >= 15 is 0 Å². The molecule has 0 spiro atoms. The van der Waals surface area contributed by atoms with Crippen molar-refractivity contribution in [1.29, 1.82) is 5.26 Å². The van der Waals surface area contributed by atoms with Gasteiger partial charge in [0.1, 0.15) is 6.04 Å². The maximum Gasteiger partial charge on any atom is 0.282 e. The molecule has 1 aliphatic heterocycles. The van der Waals surface area contributed by atoms with Crippen LogP contribution in [0.25, 0.3) is 0 Å². The zero-order valence-electron chi connectivity index (χ0n) is 9.18. The molecule has 0 N–H and O–H groups in total. The summed E-state index contributed by atoms with van der Waals surface area (Å²) in [6.07, 6.45) is 2.91. The van der Waals surface area contributed by atoms with E-state index < -0.39 is 16.3 Å². The van der Waals surface area contributed by atoms with Crippen molar-refractivity contribution in [2.75, 3.05) is 20.1 Å². The molecule has 0 bridgehead atoms.